The number of H-pyrrole nitrogens is 1. The van der Waals surface area contributed by atoms with E-state index in [2.05, 4.69) is 10.3 Å². The molecule has 0 saturated heterocycles. The molecule has 0 unspecified atom stereocenters. The van der Waals surface area contributed by atoms with E-state index < -0.39 is 6.04 Å². The number of benzene rings is 2. The van der Waals surface area contributed by atoms with E-state index in [-0.39, 0.29) is 17.5 Å². The molecule has 2 aromatic carbocycles. The third kappa shape index (κ3) is 2.93. The predicted molar refractivity (Wildman–Crippen MR) is 116 cm³/mol. The molecule has 146 valence electrons. The number of hydrogen-bond donors (Lipinski definition) is 2. The predicted octanol–water partition coefficient (Wildman–Crippen LogP) is 3.20. The Morgan fingerprint density at radius 3 is 2.66 bits per heavy atom. The number of para-hydroxylation sites is 2. The molecule has 5 rings (SSSR count). The molecular formula is C22H20N4O2S. The van der Waals surface area contributed by atoms with E-state index in [1.807, 2.05) is 54.9 Å². The van der Waals surface area contributed by atoms with Crippen LogP contribution in [0, 0.1) is 0 Å². The maximum atomic E-state index is 13.4. The highest BCUT2D eigenvalue weighted by Crippen LogP contribution is 2.29. The van der Waals surface area contributed by atoms with Crippen LogP contribution in [-0.2, 0) is 11.2 Å². The molecule has 2 aromatic heterocycles. The molecule has 0 spiro atoms. The van der Waals surface area contributed by atoms with Gasteiger partial charge >= 0.3 is 0 Å². The van der Waals surface area contributed by atoms with Crippen molar-refractivity contribution in [2.75, 3.05) is 12.0 Å². The number of fused-ring (bicyclic) bond motifs is 3. The van der Waals surface area contributed by atoms with Crippen LogP contribution in [0.3, 0.4) is 0 Å². The molecule has 0 aliphatic carbocycles. The number of aromatic nitrogens is 3. The van der Waals surface area contributed by atoms with Crippen molar-refractivity contribution in [3.05, 3.63) is 76.5 Å². The first-order chi connectivity index (χ1) is 14.2. The van der Waals surface area contributed by atoms with Crippen LogP contribution in [-0.4, -0.2) is 32.5 Å². The highest BCUT2D eigenvalue weighted by molar-refractivity contribution is 7.98. The number of nitrogens with one attached hydrogen (secondary N) is 2. The first-order valence-corrected chi connectivity index (χ1v) is 10.9. The Kier molecular flexibility index (Phi) is 4.39. The molecule has 7 heteroatoms. The van der Waals surface area contributed by atoms with Crippen molar-refractivity contribution in [1.82, 2.24) is 19.9 Å². The van der Waals surface area contributed by atoms with Crippen molar-refractivity contribution in [1.29, 1.82) is 0 Å². The summed E-state index contributed by atoms with van der Waals surface area (Å²) in [5.41, 5.74) is 2.53. The fourth-order valence-corrected chi connectivity index (χ4v) is 4.70. The number of carbonyl (C=O) groups excluding carboxylic acids is 1. The lowest BCUT2D eigenvalue weighted by molar-refractivity contribution is -0.126. The van der Waals surface area contributed by atoms with Crippen LogP contribution < -0.4 is 10.9 Å². The van der Waals surface area contributed by atoms with E-state index in [1.165, 1.54) is 0 Å². The second kappa shape index (κ2) is 7.08. The molecule has 29 heavy (non-hydrogen) atoms. The Morgan fingerprint density at radius 1 is 1.07 bits per heavy atom. The van der Waals surface area contributed by atoms with E-state index in [0.29, 0.717) is 28.9 Å². The summed E-state index contributed by atoms with van der Waals surface area (Å²) in [6, 6.07) is 14.4. The molecule has 0 saturated carbocycles. The quantitative estimate of drug-likeness (QED) is 0.547. The summed E-state index contributed by atoms with van der Waals surface area (Å²) in [6.07, 6.45) is 4.33. The molecule has 1 amide bonds. The van der Waals surface area contributed by atoms with Crippen molar-refractivity contribution < 1.29 is 4.79 Å². The molecule has 4 aromatic rings. The van der Waals surface area contributed by atoms with Crippen LogP contribution in [0.4, 0.5) is 0 Å². The van der Waals surface area contributed by atoms with E-state index in [1.54, 1.807) is 22.4 Å². The maximum Gasteiger partial charge on any atom is 0.262 e. The topological polar surface area (TPSA) is 79.8 Å². The highest BCUT2D eigenvalue weighted by Gasteiger charge is 2.35. The van der Waals surface area contributed by atoms with Gasteiger partial charge < -0.3 is 10.3 Å². The lowest BCUT2D eigenvalue weighted by Gasteiger charge is -2.32. The molecular weight excluding hydrogens is 384 g/mol. The summed E-state index contributed by atoms with van der Waals surface area (Å²) in [5, 5.41) is 4.69. The van der Waals surface area contributed by atoms with Gasteiger partial charge in [0.2, 0.25) is 5.91 Å². The highest BCUT2D eigenvalue weighted by atomic mass is 32.2. The first-order valence-electron chi connectivity index (χ1n) is 9.53. The molecule has 3 heterocycles. The Hall–Kier alpha value is -3.06. The zero-order valence-electron chi connectivity index (χ0n) is 15.9. The summed E-state index contributed by atoms with van der Waals surface area (Å²) < 4.78 is 1.61. The maximum absolute atomic E-state index is 13.4. The zero-order valence-corrected chi connectivity index (χ0v) is 16.7. The second-order valence-electron chi connectivity index (χ2n) is 7.26. The summed E-state index contributed by atoms with van der Waals surface area (Å²) in [7, 11) is 0. The number of aromatic amines is 1. The van der Waals surface area contributed by atoms with Crippen molar-refractivity contribution in [3.63, 3.8) is 0 Å². The average molecular weight is 404 g/mol. The molecule has 0 fully saturated rings. The third-order valence-corrected chi connectivity index (χ3v) is 6.17. The van der Waals surface area contributed by atoms with Crippen molar-refractivity contribution >= 4 is 39.5 Å². The fraction of sp³-hybridized carbons (Fsp3) is 0.227. The standard InChI is InChI=1S/C22H20N4O2S/c1-29-12-18-20-24-17-9-5-3-7-15(17)22(28)26(20)19(21(27)25-18)10-13-11-23-16-8-4-2-6-14(13)16/h2-9,11,18-19,23H,10,12H2,1H3,(H,25,27)/t18-,19-/m0/s1. The number of rotatable bonds is 4. The van der Waals surface area contributed by atoms with Gasteiger partial charge in [0, 0.05) is 29.3 Å². The molecule has 6 nitrogen and oxygen atoms in total. The van der Waals surface area contributed by atoms with E-state index in [9.17, 15) is 9.59 Å². The minimum Gasteiger partial charge on any atom is -0.361 e. The molecule has 1 aliphatic rings. The van der Waals surface area contributed by atoms with Crippen LogP contribution in [0.5, 0.6) is 0 Å². The Balaban J connectivity index is 1.69. The van der Waals surface area contributed by atoms with Gasteiger partial charge in [-0.3, -0.25) is 14.2 Å². The summed E-state index contributed by atoms with van der Waals surface area (Å²) in [6.45, 7) is 0. The molecule has 0 bridgehead atoms. The number of thioether (sulfide) groups is 1. The van der Waals surface area contributed by atoms with Gasteiger partial charge in [0.1, 0.15) is 11.9 Å². The minimum absolute atomic E-state index is 0.138. The lowest BCUT2D eigenvalue weighted by atomic mass is 10.0. The Morgan fingerprint density at radius 2 is 1.83 bits per heavy atom. The number of hydrogen-bond acceptors (Lipinski definition) is 4. The van der Waals surface area contributed by atoms with Crippen molar-refractivity contribution in [2.24, 2.45) is 0 Å². The summed E-state index contributed by atoms with van der Waals surface area (Å²) in [5.74, 6) is 1.16. The van der Waals surface area contributed by atoms with Gasteiger partial charge in [-0.15, -0.1) is 0 Å². The normalized spacial score (nSPS) is 18.7. The Bertz CT molecular complexity index is 1290. The Labute approximate surface area is 171 Å². The van der Waals surface area contributed by atoms with Gasteiger partial charge in [0.25, 0.3) is 5.56 Å². The number of carbonyl (C=O) groups is 1. The van der Waals surface area contributed by atoms with Crippen LogP contribution in [0.2, 0.25) is 0 Å². The van der Waals surface area contributed by atoms with Crippen molar-refractivity contribution in [2.45, 2.75) is 18.5 Å². The van der Waals surface area contributed by atoms with Crippen LogP contribution in [0.1, 0.15) is 23.5 Å². The number of amides is 1. The average Bonchev–Trinajstić information content (AvgIpc) is 3.14. The largest absolute Gasteiger partial charge is 0.361 e. The van der Waals surface area contributed by atoms with Crippen molar-refractivity contribution in [3.8, 4) is 0 Å². The number of nitrogens with zero attached hydrogens (tertiary/aromatic N) is 2. The van der Waals surface area contributed by atoms with Crippen LogP contribution in [0.25, 0.3) is 21.8 Å². The summed E-state index contributed by atoms with van der Waals surface area (Å²) in [4.78, 5) is 34.5. The monoisotopic (exact) mass is 404 g/mol. The summed E-state index contributed by atoms with van der Waals surface area (Å²) >= 11 is 1.62. The van der Waals surface area contributed by atoms with Crippen LogP contribution >= 0.6 is 11.8 Å². The van der Waals surface area contributed by atoms with E-state index in [0.717, 1.165) is 16.5 Å². The van der Waals surface area contributed by atoms with E-state index >= 15 is 0 Å². The molecule has 2 atom stereocenters. The molecule has 1 aliphatic heterocycles. The smallest absolute Gasteiger partial charge is 0.262 e. The third-order valence-electron chi connectivity index (χ3n) is 5.50. The van der Waals surface area contributed by atoms with Gasteiger partial charge in [-0.2, -0.15) is 11.8 Å². The molecule has 0 radical (unpaired) electrons. The van der Waals surface area contributed by atoms with Gasteiger partial charge in [-0.05, 0) is 30.0 Å². The second-order valence-corrected chi connectivity index (χ2v) is 8.17. The van der Waals surface area contributed by atoms with Gasteiger partial charge in [-0.25, -0.2) is 4.98 Å². The SMILES string of the molecule is CSC[C@@H]1NC(=O)[C@H](Cc2c[nH]c3ccccc23)n2c1nc1ccccc1c2=O. The van der Waals surface area contributed by atoms with E-state index in [4.69, 9.17) is 4.98 Å². The molecule has 2 N–H and O–H groups in total. The fourth-order valence-electron chi connectivity index (χ4n) is 4.14. The van der Waals surface area contributed by atoms with Gasteiger partial charge in [-0.1, -0.05) is 30.3 Å². The zero-order chi connectivity index (χ0) is 20.0. The van der Waals surface area contributed by atoms with Gasteiger partial charge in [0.05, 0.1) is 16.9 Å². The first kappa shape index (κ1) is 18.0. The minimum atomic E-state index is -0.632. The van der Waals surface area contributed by atoms with Crippen LogP contribution in [0.15, 0.2) is 59.5 Å². The lowest BCUT2D eigenvalue weighted by Crippen LogP contribution is -2.49. The van der Waals surface area contributed by atoms with Gasteiger partial charge in [0.15, 0.2) is 0 Å².